The number of hydrogen-bond donors (Lipinski definition) is 1. The second-order valence-corrected chi connectivity index (χ2v) is 4.38. The van der Waals surface area contributed by atoms with Gasteiger partial charge in [-0.05, 0) is 37.5 Å². The highest BCUT2D eigenvalue weighted by Gasteiger charge is 2.38. The molecule has 3 heteroatoms. The fourth-order valence-corrected chi connectivity index (χ4v) is 1.85. The second-order valence-electron chi connectivity index (χ2n) is 4.38. The molecule has 0 amide bonds. The van der Waals surface area contributed by atoms with Crippen molar-refractivity contribution in [2.45, 2.75) is 20.3 Å². The van der Waals surface area contributed by atoms with Crippen LogP contribution in [0.15, 0.2) is 18.2 Å². The smallest absolute Gasteiger partial charge is 0.313 e. The normalized spacial score (nSPS) is 24.1. The minimum Gasteiger partial charge on any atom is -0.492 e. The molecule has 1 atom stereocenters. The van der Waals surface area contributed by atoms with E-state index in [0.29, 0.717) is 6.42 Å². The molecule has 1 aromatic carbocycles. The summed E-state index contributed by atoms with van der Waals surface area (Å²) in [5.74, 6) is 0.0325. The average molecular weight is 206 g/mol. The number of hydrogen-bond acceptors (Lipinski definition) is 2. The summed E-state index contributed by atoms with van der Waals surface area (Å²) in [6.07, 6.45) is 0.546. The number of aliphatic carboxylic acids is 1. The molecule has 15 heavy (non-hydrogen) atoms. The monoisotopic (exact) mass is 206 g/mol. The number of carboxylic acid groups (broad SMARTS) is 1. The molecule has 1 heterocycles. The summed E-state index contributed by atoms with van der Waals surface area (Å²) in [7, 11) is 0. The molecule has 1 aliphatic rings. The van der Waals surface area contributed by atoms with Crippen molar-refractivity contribution >= 4 is 5.97 Å². The van der Waals surface area contributed by atoms with Gasteiger partial charge in [-0.1, -0.05) is 12.1 Å². The molecular formula is C12H14O3. The SMILES string of the molecule is Cc1cccc2c1CC(C)(C(=O)O)CO2. The van der Waals surface area contributed by atoms with Crippen molar-refractivity contribution in [1.82, 2.24) is 0 Å². The van der Waals surface area contributed by atoms with Gasteiger partial charge in [-0.3, -0.25) is 4.79 Å². The Hall–Kier alpha value is -1.51. The van der Waals surface area contributed by atoms with Gasteiger partial charge in [0.15, 0.2) is 0 Å². The molecule has 0 fully saturated rings. The first kappa shape index (κ1) is 10.0. The first-order chi connectivity index (χ1) is 7.03. The minimum atomic E-state index is -0.795. The molecule has 0 aliphatic carbocycles. The van der Waals surface area contributed by atoms with Crippen LogP contribution in [0.2, 0.25) is 0 Å². The van der Waals surface area contributed by atoms with E-state index in [-0.39, 0.29) is 6.61 Å². The van der Waals surface area contributed by atoms with Crippen molar-refractivity contribution in [1.29, 1.82) is 0 Å². The first-order valence-electron chi connectivity index (χ1n) is 4.98. The van der Waals surface area contributed by atoms with Gasteiger partial charge in [-0.25, -0.2) is 0 Å². The third-order valence-electron chi connectivity index (χ3n) is 3.00. The molecule has 2 rings (SSSR count). The van der Waals surface area contributed by atoms with Crippen molar-refractivity contribution < 1.29 is 14.6 Å². The maximum atomic E-state index is 11.1. The molecule has 1 unspecified atom stereocenters. The summed E-state index contributed by atoms with van der Waals surface area (Å²) in [5, 5.41) is 9.13. The van der Waals surface area contributed by atoms with Gasteiger partial charge >= 0.3 is 5.97 Å². The van der Waals surface area contributed by atoms with Crippen LogP contribution in [0, 0.1) is 12.3 Å². The number of carbonyl (C=O) groups is 1. The lowest BCUT2D eigenvalue weighted by Crippen LogP contribution is -2.39. The molecule has 0 saturated carbocycles. The Labute approximate surface area is 88.7 Å². The van der Waals surface area contributed by atoms with E-state index in [9.17, 15) is 4.79 Å². The Balaban J connectivity index is 2.42. The molecule has 0 radical (unpaired) electrons. The molecule has 1 aromatic rings. The molecule has 1 N–H and O–H groups in total. The van der Waals surface area contributed by atoms with Crippen LogP contribution in [-0.4, -0.2) is 17.7 Å². The van der Waals surface area contributed by atoms with E-state index in [0.717, 1.165) is 16.9 Å². The summed E-state index contributed by atoms with van der Waals surface area (Å²) >= 11 is 0. The largest absolute Gasteiger partial charge is 0.492 e. The van der Waals surface area contributed by atoms with E-state index in [2.05, 4.69) is 0 Å². The number of carboxylic acids is 1. The lowest BCUT2D eigenvalue weighted by molar-refractivity contribution is -0.150. The standard InChI is InChI=1S/C12H14O3/c1-8-4-3-5-10-9(8)6-12(2,7-15-10)11(13)14/h3-5H,6-7H2,1-2H3,(H,13,14). The minimum absolute atomic E-state index is 0.249. The Kier molecular flexibility index (Phi) is 2.18. The molecule has 80 valence electrons. The van der Waals surface area contributed by atoms with Crippen LogP contribution < -0.4 is 4.74 Å². The lowest BCUT2D eigenvalue weighted by Gasteiger charge is -2.31. The second kappa shape index (κ2) is 3.26. The van der Waals surface area contributed by atoms with Crippen LogP contribution in [0.5, 0.6) is 5.75 Å². The Bertz CT molecular complexity index is 411. The zero-order chi connectivity index (χ0) is 11.1. The van der Waals surface area contributed by atoms with Gasteiger partial charge in [0.25, 0.3) is 0 Å². The molecule has 0 spiro atoms. The van der Waals surface area contributed by atoms with Crippen LogP contribution in [0.25, 0.3) is 0 Å². The van der Waals surface area contributed by atoms with Gasteiger partial charge < -0.3 is 9.84 Å². The maximum absolute atomic E-state index is 11.1. The number of benzene rings is 1. The number of fused-ring (bicyclic) bond motifs is 1. The number of rotatable bonds is 1. The predicted octanol–water partition coefficient (Wildman–Crippen LogP) is 2.02. The highest BCUT2D eigenvalue weighted by molar-refractivity contribution is 5.75. The summed E-state index contributed by atoms with van der Waals surface area (Å²) in [6, 6.07) is 5.80. The number of aryl methyl sites for hydroxylation is 1. The fraction of sp³-hybridized carbons (Fsp3) is 0.417. The topological polar surface area (TPSA) is 46.5 Å². The van der Waals surface area contributed by atoms with Crippen molar-refractivity contribution in [3.05, 3.63) is 29.3 Å². The molecule has 0 bridgehead atoms. The summed E-state index contributed by atoms with van der Waals surface area (Å²) in [6.45, 7) is 3.96. The highest BCUT2D eigenvalue weighted by Crippen LogP contribution is 2.36. The van der Waals surface area contributed by atoms with E-state index in [1.165, 1.54) is 0 Å². The summed E-state index contributed by atoms with van der Waals surface area (Å²) in [5.41, 5.74) is 1.33. The van der Waals surface area contributed by atoms with Crippen LogP contribution in [0.3, 0.4) is 0 Å². The van der Waals surface area contributed by atoms with Gasteiger partial charge in [0.2, 0.25) is 0 Å². The maximum Gasteiger partial charge on any atom is 0.313 e. The zero-order valence-corrected chi connectivity index (χ0v) is 8.91. The fourth-order valence-electron chi connectivity index (χ4n) is 1.85. The number of ether oxygens (including phenoxy) is 1. The molecule has 1 aliphatic heterocycles. The van der Waals surface area contributed by atoms with Crippen molar-refractivity contribution in [2.75, 3.05) is 6.61 Å². The quantitative estimate of drug-likeness (QED) is 0.764. The van der Waals surface area contributed by atoms with Gasteiger partial charge in [0, 0.05) is 0 Å². The van der Waals surface area contributed by atoms with Crippen LogP contribution in [0.1, 0.15) is 18.1 Å². The molecule has 0 aromatic heterocycles. The van der Waals surface area contributed by atoms with Crippen LogP contribution in [-0.2, 0) is 11.2 Å². The summed E-state index contributed by atoms with van der Waals surface area (Å²) in [4.78, 5) is 11.1. The third-order valence-corrected chi connectivity index (χ3v) is 3.00. The van der Waals surface area contributed by atoms with Crippen molar-refractivity contribution in [3.8, 4) is 5.75 Å². The Morgan fingerprint density at radius 1 is 1.53 bits per heavy atom. The predicted molar refractivity (Wildman–Crippen MR) is 56.1 cm³/mol. The van der Waals surface area contributed by atoms with Crippen molar-refractivity contribution in [3.63, 3.8) is 0 Å². The zero-order valence-electron chi connectivity index (χ0n) is 8.91. The van der Waals surface area contributed by atoms with Crippen LogP contribution >= 0.6 is 0 Å². The van der Waals surface area contributed by atoms with E-state index < -0.39 is 11.4 Å². The summed E-state index contributed by atoms with van der Waals surface area (Å²) < 4.78 is 5.50. The van der Waals surface area contributed by atoms with E-state index >= 15 is 0 Å². The molecule has 0 saturated heterocycles. The van der Waals surface area contributed by atoms with E-state index in [1.54, 1.807) is 6.92 Å². The molecule has 3 nitrogen and oxygen atoms in total. The van der Waals surface area contributed by atoms with E-state index in [4.69, 9.17) is 9.84 Å². The Morgan fingerprint density at radius 3 is 2.93 bits per heavy atom. The Morgan fingerprint density at radius 2 is 2.27 bits per heavy atom. The molecular weight excluding hydrogens is 192 g/mol. The van der Waals surface area contributed by atoms with Crippen LogP contribution in [0.4, 0.5) is 0 Å². The highest BCUT2D eigenvalue weighted by atomic mass is 16.5. The van der Waals surface area contributed by atoms with Gasteiger partial charge in [-0.15, -0.1) is 0 Å². The average Bonchev–Trinajstić information content (AvgIpc) is 2.19. The van der Waals surface area contributed by atoms with Gasteiger partial charge in [-0.2, -0.15) is 0 Å². The first-order valence-corrected chi connectivity index (χ1v) is 4.98. The van der Waals surface area contributed by atoms with Gasteiger partial charge in [0.1, 0.15) is 17.8 Å². The third kappa shape index (κ3) is 1.58. The van der Waals surface area contributed by atoms with Gasteiger partial charge in [0.05, 0.1) is 0 Å². The van der Waals surface area contributed by atoms with Crippen molar-refractivity contribution in [2.24, 2.45) is 5.41 Å². The lowest BCUT2D eigenvalue weighted by atomic mass is 9.81. The van der Waals surface area contributed by atoms with E-state index in [1.807, 2.05) is 25.1 Å².